The summed E-state index contributed by atoms with van der Waals surface area (Å²) in [5.74, 6) is 0.540. The summed E-state index contributed by atoms with van der Waals surface area (Å²) in [4.78, 5) is 15.3. The van der Waals surface area contributed by atoms with Crippen LogP contribution in [0, 0.1) is 11.8 Å². The standard InChI is InChI=1S/C21H33N3O3S/c1-2-24-14-6-7-19(24)16-22-21(25)18-12-10-17(11-13-18)15-23-28(26,27)20-8-4-3-5-9-20/h3-5,8-9,17-19,23H,2,6-7,10-16H2,1H3,(H,22,25)/t17?,18?,19-/m1/s1. The summed E-state index contributed by atoms with van der Waals surface area (Å²) in [7, 11) is -3.45. The van der Waals surface area contributed by atoms with Crippen LogP contribution < -0.4 is 10.0 Å². The maximum Gasteiger partial charge on any atom is 0.240 e. The van der Waals surface area contributed by atoms with E-state index in [-0.39, 0.29) is 11.8 Å². The average molecular weight is 408 g/mol. The van der Waals surface area contributed by atoms with E-state index in [1.807, 2.05) is 0 Å². The molecule has 0 spiro atoms. The highest BCUT2D eigenvalue weighted by atomic mass is 32.2. The molecule has 2 fully saturated rings. The Balaban J connectivity index is 1.39. The third-order valence-electron chi connectivity index (χ3n) is 6.25. The molecular formula is C21H33N3O3S. The third-order valence-corrected chi connectivity index (χ3v) is 7.69. The topological polar surface area (TPSA) is 78.5 Å². The van der Waals surface area contributed by atoms with Gasteiger partial charge in [-0.3, -0.25) is 9.69 Å². The van der Waals surface area contributed by atoms with Gasteiger partial charge in [0.15, 0.2) is 0 Å². The number of hydrogen-bond acceptors (Lipinski definition) is 4. The van der Waals surface area contributed by atoms with Gasteiger partial charge in [-0.2, -0.15) is 0 Å². The van der Waals surface area contributed by atoms with E-state index < -0.39 is 10.0 Å². The van der Waals surface area contributed by atoms with Gasteiger partial charge in [0.25, 0.3) is 0 Å². The summed E-state index contributed by atoms with van der Waals surface area (Å²) in [5, 5.41) is 3.16. The molecule has 6 nitrogen and oxygen atoms in total. The maximum absolute atomic E-state index is 12.5. The van der Waals surface area contributed by atoms with Crippen LogP contribution in [0.25, 0.3) is 0 Å². The molecule has 0 unspecified atom stereocenters. The number of amides is 1. The number of likely N-dealkylation sites (tertiary alicyclic amines) is 1. The lowest BCUT2D eigenvalue weighted by Crippen LogP contribution is -2.43. The highest BCUT2D eigenvalue weighted by Crippen LogP contribution is 2.29. The number of carbonyl (C=O) groups is 1. The van der Waals surface area contributed by atoms with Gasteiger partial charge in [0.2, 0.25) is 15.9 Å². The molecule has 1 amide bonds. The van der Waals surface area contributed by atoms with E-state index in [4.69, 9.17) is 0 Å². The first kappa shape index (κ1) is 21.3. The third kappa shape index (κ3) is 5.55. The number of nitrogens with one attached hydrogen (secondary N) is 2. The molecule has 1 heterocycles. The number of rotatable bonds is 8. The molecule has 0 bridgehead atoms. The zero-order valence-electron chi connectivity index (χ0n) is 16.8. The Kier molecular flexibility index (Phi) is 7.48. The van der Waals surface area contributed by atoms with Gasteiger partial charge >= 0.3 is 0 Å². The lowest BCUT2D eigenvalue weighted by Gasteiger charge is -2.29. The van der Waals surface area contributed by atoms with Crippen LogP contribution in [0.2, 0.25) is 0 Å². The second-order valence-electron chi connectivity index (χ2n) is 8.05. The SMILES string of the molecule is CCN1CCC[C@@H]1CNC(=O)C1CCC(CNS(=O)(=O)c2ccccc2)CC1. The van der Waals surface area contributed by atoms with Crippen LogP contribution in [-0.2, 0) is 14.8 Å². The number of likely N-dealkylation sites (N-methyl/N-ethyl adjacent to an activating group) is 1. The number of sulfonamides is 1. The number of carbonyl (C=O) groups excluding carboxylic acids is 1. The number of benzene rings is 1. The highest BCUT2D eigenvalue weighted by molar-refractivity contribution is 7.89. The minimum atomic E-state index is -3.45. The predicted molar refractivity (Wildman–Crippen MR) is 110 cm³/mol. The quantitative estimate of drug-likeness (QED) is 0.693. The Hall–Kier alpha value is -1.44. The van der Waals surface area contributed by atoms with E-state index in [1.165, 1.54) is 12.8 Å². The molecule has 1 aliphatic heterocycles. The van der Waals surface area contributed by atoms with Crippen molar-refractivity contribution in [2.24, 2.45) is 11.8 Å². The molecule has 1 saturated heterocycles. The molecule has 28 heavy (non-hydrogen) atoms. The van der Waals surface area contributed by atoms with Crippen LogP contribution in [-0.4, -0.2) is 51.4 Å². The Morgan fingerprint density at radius 2 is 1.79 bits per heavy atom. The summed E-state index contributed by atoms with van der Waals surface area (Å²) < 4.78 is 27.4. The summed E-state index contributed by atoms with van der Waals surface area (Å²) >= 11 is 0. The van der Waals surface area contributed by atoms with Crippen LogP contribution in [0.1, 0.15) is 45.4 Å². The zero-order chi connectivity index (χ0) is 20.0. The molecule has 1 aliphatic carbocycles. The Morgan fingerprint density at radius 1 is 1.07 bits per heavy atom. The van der Waals surface area contributed by atoms with Crippen LogP contribution in [0.5, 0.6) is 0 Å². The van der Waals surface area contributed by atoms with Gasteiger partial charge in [0, 0.05) is 25.0 Å². The van der Waals surface area contributed by atoms with E-state index in [0.717, 1.165) is 45.3 Å². The van der Waals surface area contributed by atoms with Gasteiger partial charge in [-0.25, -0.2) is 13.1 Å². The number of nitrogens with zero attached hydrogens (tertiary/aromatic N) is 1. The molecule has 7 heteroatoms. The lowest BCUT2D eigenvalue weighted by molar-refractivity contribution is -0.126. The van der Waals surface area contributed by atoms with Crippen LogP contribution >= 0.6 is 0 Å². The lowest BCUT2D eigenvalue weighted by atomic mass is 9.81. The van der Waals surface area contributed by atoms with Gasteiger partial charge in [0.05, 0.1) is 4.90 Å². The molecule has 156 valence electrons. The molecular weight excluding hydrogens is 374 g/mol. The molecule has 2 aliphatic rings. The molecule has 3 rings (SSSR count). The van der Waals surface area contributed by atoms with Crippen molar-refractivity contribution in [1.29, 1.82) is 0 Å². The fourth-order valence-electron chi connectivity index (χ4n) is 4.44. The summed E-state index contributed by atoms with van der Waals surface area (Å²) in [6.45, 7) is 5.56. The molecule has 0 aromatic heterocycles. The van der Waals surface area contributed by atoms with E-state index in [0.29, 0.717) is 23.4 Å². The van der Waals surface area contributed by atoms with E-state index in [1.54, 1.807) is 30.3 Å². The smallest absolute Gasteiger partial charge is 0.240 e. The Morgan fingerprint density at radius 3 is 2.46 bits per heavy atom. The average Bonchev–Trinajstić information content (AvgIpc) is 3.19. The van der Waals surface area contributed by atoms with Crippen molar-refractivity contribution in [3.63, 3.8) is 0 Å². The van der Waals surface area contributed by atoms with E-state index >= 15 is 0 Å². The second kappa shape index (κ2) is 9.85. The largest absolute Gasteiger partial charge is 0.354 e. The molecule has 1 aromatic rings. The molecule has 0 radical (unpaired) electrons. The fourth-order valence-corrected chi connectivity index (χ4v) is 5.58. The van der Waals surface area contributed by atoms with Gasteiger partial charge in [-0.05, 0) is 69.7 Å². The van der Waals surface area contributed by atoms with Gasteiger partial charge in [-0.1, -0.05) is 25.1 Å². The van der Waals surface area contributed by atoms with Gasteiger partial charge < -0.3 is 5.32 Å². The number of hydrogen-bond donors (Lipinski definition) is 2. The Bertz CT molecular complexity index is 731. The van der Waals surface area contributed by atoms with Crippen molar-refractivity contribution >= 4 is 15.9 Å². The van der Waals surface area contributed by atoms with Crippen LogP contribution in [0.3, 0.4) is 0 Å². The summed E-state index contributed by atoms with van der Waals surface area (Å²) in [6, 6.07) is 8.95. The van der Waals surface area contributed by atoms with Crippen molar-refractivity contribution in [1.82, 2.24) is 14.9 Å². The maximum atomic E-state index is 12.5. The zero-order valence-corrected chi connectivity index (χ0v) is 17.6. The molecule has 1 saturated carbocycles. The van der Waals surface area contributed by atoms with Crippen molar-refractivity contribution in [3.05, 3.63) is 30.3 Å². The van der Waals surface area contributed by atoms with Crippen LogP contribution in [0.15, 0.2) is 35.2 Å². The first-order valence-corrected chi connectivity index (χ1v) is 12.0. The minimum Gasteiger partial charge on any atom is -0.354 e. The van der Waals surface area contributed by atoms with Crippen molar-refractivity contribution in [2.75, 3.05) is 26.2 Å². The van der Waals surface area contributed by atoms with Gasteiger partial charge in [-0.15, -0.1) is 0 Å². The molecule has 2 N–H and O–H groups in total. The molecule has 1 atom stereocenters. The van der Waals surface area contributed by atoms with Crippen molar-refractivity contribution in [3.8, 4) is 0 Å². The fraction of sp³-hybridized carbons (Fsp3) is 0.667. The second-order valence-corrected chi connectivity index (χ2v) is 9.82. The normalized spacial score (nSPS) is 26.2. The van der Waals surface area contributed by atoms with E-state index in [9.17, 15) is 13.2 Å². The highest BCUT2D eigenvalue weighted by Gasteiger charge is 2.29. The first-order valence-electron chi connectivity index (χ1n) is 10.6. The van der Waals surface area contributed by atoms with Crippen molar-refractivity contribution in [2.45, 2.75) is 56.4 Å². The van der Waals surface area contributed by atoms with Crippen molar-refractivity contribution < 1.29 is 13.2 Å². The van der Waals surface area contributed by atoms with E-state index in [2.05, 4.69) is 21.9 Å². The Labute approximate surface area is 169 Å². The molecule has 1 aromatic carbocycles. The minimum absolute atomic E-state index is 0.0680. The summed E-state index contributed by atoms with van der Waals surface area (Å²) in [6.07, 6.45) is 5.85. The summed E-state index contributed by atoms with van der Waals surface area (Å²) in [5.41, 5.74) is 0. The first-order chi connectivity index (χ1) is 13.5. The van der Waals surface area contributed by atoms with Gasteiger partial charge in [0.1, 0.15) is 0 Å². The monoisotopic (exact) mass is 407 g/mol. The predicted octanol–water partition coefficient (Wildman–Crippen LogP) is 2.37. The van der Waals surface area contributed by atoms with Crippen LogP contribution in [0.4, 0.5) is 0 Å².